The highest BCUT2D eigenvalue weighted by Crippen LogP contribution is 2.41. The summed E-state index contributed by atoms with van der Waals surface area (Å²) in [6.07, 6.45) is 3.71. The first-order valence-corrected chi connectivity index (χ1v) is 17.0. The summed E-state index contributed by atoms with van der Waals surface area (Å²) >= 11 is 0. The van der Waals surface area contributed by atoms with Gasteiger partial charge in [0, 0.05) is 52.6 Å². The molecule has 6 nitrogen and oxygen atoms in total. The van der Waals surface area contributed by atoms with E-state index < -0.39 is 0 Å². The molecule has 4 aromatic heterocycles. The van der Waals surface area contributed by atoms with Crippen LogP contribution in [0.3, 0.4) is 0 Å². The van der Waals surface area contributed by atoms with Crippen LogP contribution in [0.5, 0.6) is 11.6 Å². The van der Waals surface area contributed by atoms with Crippen molar-refractivity contribution in [2.45, 2.75) is 0 Å². The molecule has 0 aliphatic carbocycles. The van der Waals surface area contributed by atoms with Crippen LogP contribution >= 0.6 is 0 Å². The largest absolute Gasteiger partial charge is 0.439 e. The molecule has 0 saturated carbocycles. The molecule has 10 aromatic rings. The molecule has 0 aliphatic rings. The van der Waals surface area contributed by atoms with Crippen molar-refractivity contribution in [2.24, 2.45) is 7.05 Å². The number of pyridine rings is 1. The molecule has 4 heterocycles. The fourth-order valence-electron chi connectivity index (χ4n) is 7.48. The fraction of sp³-hybridized carbons (Fsp3) is 0.0222. The number of hydrogen-bond donors (Lipinski definition) is 0. The maximum Gasteiger partial charge on any atom is 0.219 e. The van der Waals surface area contributed by atoms with Gasteiger partial charge in [0.1, 0.15) is 5.75 Å². The molecule has 0 unspecified atom stereocenters. The summed E-state index contributed by atoms with van der Waals surface area (Å²) in [6.45, 7) is 0. The van der Waals surface area contributed by atoms with Crippen LogP contribution in [-0.2, 0) is 7.05 Å². The summed E-state index contributed by atoms with van der Waals surface area (Å²) in [6, 6.07) is 55.0. The van der Waals surface area contributed by atoms with Gasteiger partial charge >= 0.3 is 0 Å². The Hall–Kier alpha value is -6.92. The average Bonchev–Trinajstić information content (AvgIpc) is 3.83. The van der Waals surface area contributed by atoms with Gasteiger partial charge in [0.15, 0.2) is 0 Å². The SMILES string of the molecule is Cn1c(-c2ccccc2)cnc1-n1c2ccccc2c2cc3c4ccc(-c5ccccc5)cc4n(-c4cccc(Oc5ccccn5)c4)c3cc21. The van der Waals surface area contributed by atoms with Crippen LogP contribution in [0.2, 0.25) is 0 Å². The van der Waals surface area contributed by atoms with Crippen LogP contribution < -0.4 is 4.74 Å². The van der Waals surface area contributed by atoms with Gasteiger partial charge in [-0.25, -0.2) is 9.97 Å². The predicted molar refractivity (Wildman–Crippen MR) is 207 cm³/mol. The van der Waals surface area contributed by atoms with E-state index in [0.29, 0.717) is 5.88 Å². The van der Waals surface area contributed by atoms with Crippen molar-refractivity contribution in [3.8, 4) is 45.6 Å². The van der Waals surface area contributed by atoms with Gasteiger partial charge < -0.3 is 13.9 Å². The lowest BCUT2D eigenvalue weighted by Gasteiger charge is -2.12. The Labute approximate surface area is 294 Å². The summed E-state index contributed by atoms with van der Waals surface area (Å²) in [7, 11) is 2.10. The third-order valence-corrected chi connectivity index (χ3v) is 9.84. The van der Waals surface area contributed by atoms with Gasteiger partial charge in [-0.3, -0.25) is 4.57 Å². The van der Waals surface area contributed by atoms with E-state index in [-0.39, 0.29) is 0 Å². The Morgan fingerprint density at radius 1 is 0.471 bits per heavy atom. The Bertz CT molecular complexity index is 2890. The quantitative estimate of drug-likeness (QED) is 0.179. The highest BCUT2D eigenvalue weighted by Gasteiger charge is 2.21. The lowest BCUT2D eigenvalue weighted by atomic mass is 10.0. The number of para-hydroxylation sites is 1. The van der Waals surface area contributed by atoms with Crippen LogP contribution in [0, 0.1) is 0 Å². The zero-order valence-electron chi connectivity index (χ0n) is 27.8. The van der Waals surface area contributed by atoms with Crippen molar-refractivity contribution >= 4 is 43.6 Å². The Morgan fingerprint density at radius 3 is 1.98 bits per heavy atom. The number of benzene rings is 6. The van der Waals surface area contributed by atoms with E-state index in [2.05, 4.69) is 147 Å². The van der Waals surface area contributed by atoms with E-state index in [0.717, 1.165) is 56.3 Å². The minimum Gasteiger partial charge on any atom is -0.439 e. The van der Waals surface area contributed by atoms with E-state index in [1.165, 1.54) is 27.1 Å². The second-order valence-corrected chi connectivity index (χ2v) is 12.8. The smallest absolute Gasteiger partial charge is 0.219 e. The zero-order valence-corrected chi connectivity index (χ0v) is 27.8. The molecule has 0 aliphatic heterocycles. The molecule has 0 N–H and O–H groups in total. The van der Waals surface area contributed by atoms with Crippen molar-refractivity contribution in [1.29, 1.82) is 0 Å². The molecule has 242 valence electrons. The molecule has 10 rings (SSSR count). The Balaban J connectivity index is 1.26. The van der Waals surface area contributed by atoms with Gasteiger partial charge in [-0.2, -0.15) is 0 Å². The summed E-state index contributed by atoms with van der Waals surface area (Å²) in [5.41, 5.74) is 9.94. The third kappa shape index (κ3) is 4.72. The van der Waals surface area contributed by atoms with Crippen molar-refractivity contribution < 1.29 is 4.74 Å². The highest BCUT2D eigenvalue weighted by atomic mass is 16.5. The topological polar surface area (TPSA) is 49.8 Å². The molecule has 0 radical (unpaired) electrons. The molecule has 0 amide bonds. The van der Waals surface area contributed by atoms with Crippen LogP contribution in [-0.4, -0.2) is 23.7 Å². The van der Waals surface area contributed by atoms with E-state index in [1.807, 2.05) is 42.6 Å². The molecule has 0 fully saturated rings. The van der Waals surface area contributed by atoms with E-state index in [4.69, 9.17) is 9.72 Å². The van der Waals surface area contributed by atoms with Gasteiger partial charge in [-0.15, -0.1) is 0 Å². The van der Waals surface area contributed by atoms with Crippen molar-refractivity contribution in [1.82, 2.24) is 23.7 Å². The Kier molecular flexibility index (Phi) is 6.61. The number of nitrogens with zero attached hydrogens (tertiary/aromatic N) is 5. The van der Waals surface area contributed by atoms with E-state index >= 15 is 0 Å². The number of fused-ring (bicyclic) bond motifs is 6. The minimum atomic E-state index is 0.555. The molecule has 0 atom stereocenters. The van der Waals surface area contributed by atoms with Crippen LogP contribution in [0.25, 0.3) is 77.6 Å². The number of aromatic nitrogens is 5. The highest BCUT2D eigenvalue weighted by molar-refractivity contribution is 6.19. The summed E-state index contributed by atoms with van der Waals surface area (Å²) in [4.78, 5) is 9.42. The molecule has 0 bridgehead atoms. The Morgan fingerprint density at radius 2 is 1.18 bits per heavy atom. The number of hydrogen-bond acceptors (Lipinski definition) is 3. The van der Waals surface area contributed by atoms with Crippen molar-refractivity contribution in [3.05, 3.63) is 170 Å². The molecule has 51 heavy (non-hydrogen) atoms. The maximum absolute atomic E-state index is 6.23. The number of ether oxygens (including phenoxy) is 1. The first-order valence-electron chi connectivity index (χ1n) is 17.0. The molecule has 0 spiro atoms. The van der Waals surface area contributed by atoms with Crippen molar-refractivity contribution in [2.75, 3.05) is 0 Å². The van der Waals surface area contributed by atoms with Crippen LogP contribution in [0.4, 0.5) is 0 Å². The second kappa shape index (κ2) is 11.6. The first kappa shape index (κ1) is 29.0. The first-order chi connectivity index (χ1) is 25.2. The standard InChI is InChI=1S/C45H31N5O/c1-48-43(31-15-6-3-7-16-31)29-47-45(48)50-39-20-9-8-19-35(39)37-27-38-36-23-22-32(30-13-4-2-5-14-30)25-40(36)49(41(38)28-42(37)50)33-17-12-18-34(26-33)51-44-21-10-11-24-46-44/h2-29H,1H3. The van der Waals surface area contributed by atoms with Gasteiger partial charge in [-0.05, 0) is 59.2 Å². The fourth-order valence-corrected chi connectivity index (χ4v) is 7.48. The molecular formula is C45H31N5O. The zero-order chi connectivity index (χ0) is 33.9. The van der Waals surface area contributed by atoms with Crippen LogP contribution in [0.1, 0.15) is 0 Å². The predicted octanol–water partition coefficient (Wildman–Crippen LogP) is 11.1. The van der Waals surface area contributed by atoms with E-state index in [1.54, 1.807) is 6.20 Å². The summed E-state index contributed by atoms with van der Waals surface area (Å²) < 4.78 is 13.1. The third-order valence-electron chi connectivity index (χ3n) is 9.84. The lowest BCUT2D eigenvalue weighted by Crippen LogP contribution is -2.04. The number of rotatable bonds is 6. The van der Waals surface area contributed by atoms with E-state index in [9.17, 15) is 0 Å². The molecule has 6 heteroatoms. The normalized spacial score (nSPS) is 11.6. The van der Waals surface area contributed by atoms with Gasteiger partial charge in [0.25, 0.3) is 0 Å². The number of imidazole rings is 1. The minimum absolute atomic E-state index is 0.555. The summed E-state index contributed by atoms with van der Waals surface area (Å²) in [5.74, 6) is 2.13. The van der Waals surface area contributed by atoms with Gasteiger partial charge in [-0.1, -0.05) is 103 Å². The molecular weight excluding hydrogens is 627 g/mol. The van der Waals surface area contributed by atoms with Gasteiger partial charge in [0.05, 0.1) is 34.0 Å². The maximum atomic E-state index is 6.23. The average molecular weight is 658 g/mol. The van der Waals surface area contributed by atoms with Crippen molar-refractivity contribution in [3.63, 3.8) is 0 Å². The lowest BCUT2D eigenvalue weighted by molar-refractivity contribution is 0.463. The summed E-state index contributed by atoms with van der Waals surface area (Å²) in [5, 5.41) is 4.73. The van der Waals surface area contributed by atoms with Gasteiger partial charge in [0.2, 0.25) is 11.8 Å². The molecule has 0 saturated heterocycles. The second-order valence-electron chi connectivity index (χ2n) is 12.8. The van der Waals surface area contributed by atoms with Crippen LogP contribution in [0.15, 0.2) is 170 Å². The molecule has 6 aromatic carbocycles. The monoisotopic (exact) mass is 657 g/mol.